The van der Waals surface area contributed by atoms with Crippen LogP contribution in [0.4, 0.5) is 0 Å². The fourth-order valence-corrected chi connectivity index (χ4v) is 5.41. The molecule has 0 spiro atoms. The molecule has 1 saturated heterocycles. The average molecular weight is 368 g/mol. The summed E-state index contributed by atoms with van der Waals surface area (Å²) in [6, 6.07) is 11.9. The first-order valence-electron chi connectivity index (χ1n) is 10.7. The van der Waals surface area contributed by atoms with Crippen LogP contribution in [-0.2, 0) is 0 Å². The topological polar surface area (TPSA) is 40.8 Å². The molecule has 0 unspecified atom stereocenters. The second kappa shape index (κ2) is 8.05. The average Bonchev–Trinajstić information content (AvgIpc) is 3.06. The third kappa shape index (κ3) is 3.77. The number of oxime groups is 1. The van der Waals surface area contributed by atoms with Crippen molar-refractivity contribution in [2.45, 2.75) is 64.5 Å². The Morgan fingerprint density at radius 2 is 1.70 bits per heavy atom. The molecule has 2 aliphatic rings. The lowest BCUT2D eigenvalue weighted by Gasteiger charge is -2.42. The molecule has 1 N–H and O–H groups in total. The van der Waals surface area contributed by atoms with Crippen molar-refractivity contribution in [1.29, 1.82) is 0 Å². The SMILES string of the molecule is CC(C)C1CCC(N2CCC(n3c(/C=N\O)cc4ccccc43)CC2)CC1. The number of hydrogen-bond donors (Lipinski definition) is 1. The summed E-state index contributed by atoms with van der Waals surface area (Å²) < 4.78 is 2.39. The molecule has 0 amide bonds. The van der Waals surface area contributed by atoms with Crippen LogP contribution in [0.25, 0.3) is 10.9 Å². The minimum atomic E-state index is 0.487. The van der Waals surface area contributed by atoms with Gasteiger partial charge in [-0.3, -0.25) is 0 Å². The quantitative estimate of drug-likeness (QED) is 0.452. The molecule has 1 aliphatic carbocycles. The van der Waals surface area contributed by atoms with Crippen molar-refractivity contribution in [2.24, 2.45) is 17.0 Å². The van der Waals surface area contributed by atoms with Gasteiger partial charge in [0.15, 0.2) is 0 Å². The van der Waals surface area contributed by atoms with Crippen molar-refractivity contribution in [1.82, 2.24) is 9.47 Å². The number of aromatic nitrogens is 1. The van der Waals surface area contributed by atoms with Crippen molar-refractivity contribution >= 4 is 17.1 Å². The van der Waals surface area contributed by atoms with E-state index < -0.39 is 0 Å². The minimum absolute atomic E-state index is 0.487. The minimum Gasteiger partial charge on any atom is -0.411 e. The number of hydrogen-bond acceptors (Lipinski definition) is 3. The first-order valence-corrected chi connectivity index (χ1v) is 10.7. The Balaban J connectivity index is 1.44. The highest BCUT2D eigenvalue weighted by Gasteiger charge is 2.31. The van der Waals surface area contributed by atoms with E-state index in [0.717, 1.165) is 23.6 Å². The number of fused-ring (bicyclic) bond motifs is 1. The Morgan fingerprint density at radius 3 is 2.37 bits per heavy atom. The van der Waals surface area contributed by atoms with E-state index in [4.69, 9.17) is 5.21 Å². The summed E-state index contributed by atoms with van der Waals surface area (Å²) >= 11 is 0. The van der Waals surface area contributed by atoms with E-state index in [1.165, 1.54) is 62.5 Å². The Hall–Kier alpha value is -1.81. The first-order chi connectivity index (χ1) is 13.2. The van der Waals surface area contributed by atoms with Gasteiger partial charge < -0.3 is 14.7 Å². The number of piperidine rings is 1. The largest absolute Gasteiger partial charge is 0.411 e. The van der Waals surface area contributed by atoms with Crippen molar-refractivity contribution in [2.75, 3.05) is 13.1 Å². The molecule has 0 atom stereocenters. The zero-order valence-corrected chi connectivity index (χ0v) is 16.7. The number of likely N-dealkylation sites (tertiary alicyclic amines) is 1. The molecule has 1 aliphatic heterocycles. The Morgan fingerprint density at radius 1 is 1.00 bits per heavy atom. The molecule has 1 aromatic carbocycles. The summed E-state index contributed by atoms with van der Waals surface area (Å²) in [6.45, 7) is 7.13. The first kappa shape index (κ1) is 18.5. The molecule has 0 bridgehead atoms. The molecular formula is C23H33N3O. The summed E-state index contributed by atoms with van der Waals surface area (Å²) in [5.41, 5.74) is 2.26. The zero-order chi connectivity index (χ0) is 18.8. The molecule has 0 radical (unpaired) electrons. The second-order valence-corrected chi connectivity index (χ2v) is 8.82. The van der Waals surface area contributed by atoms with Crippen LogP contribution < -0.4 is 0 Å². The summed E-state index contributed by atoms with van der Waals surface area (Å²) in [6.07, 6.45) is 9.50. The maximum atomic E-state index is 9.09. The van der Waals surface area contributed by atoms with E-state index in [0.29, 0.717) is 6.04 Å². The normalized spacial score (nSPS) is 25.7. The lowest BCUT2D eigenvalue weighted by molar-refractivity contribution is 0.0893. The molecule has 1 saturated carbocycles. The van der Waals surface area contributed by atoms with Gasteiger partial charge in [-0.2, -0.15) is 0 Å². The second-order valence-electron chi connectivity index (χ2n) is 8.82. The van der Waals surface area contributed by atoms with Crippen molar-refractivity contribution < 1.29 is 5.21 Å². The maximum absolute atomic E-state index is 9.09. The predicted molar refractivity (Wildman–Crippen MR) is 112 cm³/mol. The van der Waals surface area contributed by atoms with Crippen LogP contribution in [0, 0.1) is 11.8 Å². The number of para-hydroxylation sites is 1. The fraction of sp³-hybridized carbons (Fsp3) is 0.609. The standard InChI is InChI=1S/C23H33N3O/c1-17(2)18-7-9-20(10-8-18)25-13-11-21(12-14-25)26-22(16-24-27)15-19-5-3-4-6-23(19)26/h3-6,15-18,20-21,27H,7-14H2,1-2H3/b24-16-. The number of nitrogens with zero attached hydrogens (tertiary/aromatic N) is 3. The molecule has 4 heteroatoms. The van der Waals surface area contributed by atoms with Gasteiger partial charge in [-0.05, 0) is 62.5 Å². The summed E-state index contributed by atoms with van der Waals surface area (Å²) in [5.74, 6) is 1.77. The van der Waals surface area contributed by atoms with Crippen molar-refractivity contribution in [3.05, 3.63) is 36.0 Å². The third-order valence-corrected chi connectivity index (χ3v) is 7.03. The van der Waals surface area contributed by atoms with Gasteiger partial charge >= 0.3 is 0 Å². The lowest BCUT2D eigenvalue weighted by atomic mass is 9.79. The molecular weight excluding hydrogens is 334 g/mol. The van der Waals surface area contributed by atoms with Gasteiger partial charge in [0.25, 0.3) is 0 Å². The Labute approximate surface area is 162 Å². The molecule has 27 heavy (non-hydrogen) atoms. The van der Waals surface area contributed by atoms with Gasteiger partial charge in [0.2, 0.25) is 0 Å². The molecule has 4 rings (SSSR count). The molecule has 4 nitrogen and oxygen atoms in total. The van der Waals surface area contributed by atoms with E-state index in [-0.39, 0.29) is 0 Å². The smallest absolute Gasteiger partial charge is 0.0898 e. The summed E-state index contributed by atoms with van der Waals surface area (Å²) in [5, 5.41) is 13.6. The van der Waals surface area contributed by atoms with Crippen LogP contribution in [0.2, 0.25) is 0 Å². The highest BCUT2D eigenvalue weighted by atomic mass is 16.4. The van der Waals surface area contributed by atoms with E-state index in [1.807, 2.05) is 0 Å². The van der Waals surface area contributed by atoms with Crippen molar-refractivity contribution in [3.8, 4) is 0 Å². The molecule has 2 heterocycles. The van der Waals surface area contributed by atoms with Gasteiger partial charge in [-0.1, -0.05) is 37.2 Å². The molecule has 2 aromatic rings. The van der Waals surface area contributed by atoms with E-state index in [1.54, 1.807) is 6.21 Å². The van der Waals surface area contributed by atoms with Crippen molar-refractivity contribution in [3.63, 3.8) is 0 Å². The molecule has 2 fully saturated rings. The molecule has 146 valence electrons. The lowest BCUT2D eigenvalue weighted by Crippen LogP contribution is -2.44. The highest BCUT2D eigenvalue weighted by Crippen LogP contribution is 2.35. The third-order valence-electron chi connectivity index (χ3n) is 7.03. The number of benzene rings is 1. The van der Waals surface area contributed by atoms with Gasteiger partial charge in [-0.15, -0.1) is 0 Å². The Kier molecular flexibility index (Phi) is 5.53. The van der Waals surface area contributed by atoms with Gasteiger partial charge in [0, 0.05) is 36.1 Å². The van der Waals surface area contributed by atoms with E-state index in [2.05, 4.69) is 58.8 Å². The number of rotatable bonds is 4. The van der Waals surface area contributed by atoms with E-state index >= 15 is 0 Å². The monoisotopic (exact) mass is 367 g/mol. The van der Waals surface area contributed by atoms with E-state index in [9.17, 15) is 0 Å². The Bertz CT molecular complexity index is 778. The van der Waals surface area contributed by atoms with Crippen LogP contribution in [0.1, 0.15) is 64.1 Å². The summed E-state index contributed by atoms with van der Waals surface area (Å²) in [7, 11) is 0. The van der Waals surface area contributed by atoms with Crippen LogP contribution >= 0.6 is 0 Å². The van der Waals surface area contributed by atoms with Gasteiger partial charge in [0.05, 0.1) is 11.9 Å². The van der Waals surface area contributed by atoms with Crippen LogP contribution in [0.3, 0.4) is 0 Å². The van der Waals surface area contributed by atoms with Crippen LogP contribution in [-0.4, -0.2) is 40.0 Å². The molecule has 1 aromatic heterocycles. The maximum Gasteiger partial charge on any atom is 0.0898 e. The van der Waals surface area contributed by atoms with Crippen LogP contribution in [0.5, 0.6) is 0 Å². The van der Waals surface area contributed by atoms with Gasteiger partial charge in [0.1, 0.15) is 0 Å². The fourth-order valence-electron chi connectivity index (χ4n) is 5.41. The summed E-state index contributed by atoms with van der Waals surface area (Å²) in [4.78, 5) is 2.75. The predicted octanol–water partition coefficient (Wildman–Crippen LogP) is 5.30. The van der Waals surface area contributed by atoms with Gasteiger partial charge in [-0.25, -0.2) is 0 Å². The zero-order valence-electron chi connectivity index (χ0n) is 16.7. The van der Waals surface area contributed by atoms with Crippen LogP contribution in [0.15, 0.2) is 35.5 Å². The highest BCUT2D eigenvalue weighted by molar-refractivity contribution is 5.90.